The fourth-order valence-corrected chi connectivity index (χ4v) is 3.56. The highest BCUT2D eigenvalue weighted by molar-refractivity contribution is 7.80. The van der Waals surface area contributed by atoms with Crippen LogP contribution in [-0.4, -0.2) is 43.4 Å². The van der Waals surface area contributed by atoms with Gasteiger partial charge in [-0.15, -0.1) is 0 Å². The Hall–Kier alpha value is -2.11. The van der Waals surface area contributed by atoms with Gasteiger partial charge in [0.1, 0.15) is 0 Å². The van der Waals surface area contributed by atoms with Gasteiger partial charge in [0.25, 0.3) is 0 Å². The first-order valence-corrected chi connectivity index (χ1v) is 9.92. The standard InChI is InChI=1S/C22H29N3OS/c1-17-6-4-7-19(14-17)23-22(27)25(16-21-8-5-13-26-21)15-18-9-11-20(12-10-18)24(2)3/h4,6-7,9-12,14,21H,5,8,13,15-16H2,1-3H3,(H,23,27)/t21-/m0/s1. The van der Waals surface area contributed by atoms with Crippen LogP contribution in [0.25, 0.3) is 0 Å². The first-order valence-electron chi connectivity index (χ1n) is 9.52. The van der Waals surface area contributed by atoms with E-state index in [4.69, 9.17) is 17.0 Å². The van der Waals surface area contributed by atoms with E-state index in [9.17, 15) is 0 Å². The molecule has 1 N–H and O–H groups in total. The maximum absolute atomic E-state index is 5.86. The van der Waals surface area contributed by atoms with Crippen molar-refractivity contribution in [2.75, 3.05) is 37.5 Å². The van der Waals surface area contributed by atoms with Gasteiger partial charge in [-0.05, 0) is 67.4 Å². The van der Waals surface area contributed by atoms with Gasteiger partial charge in [0.2, 0.25) is 0 Å². The highest BCUT2D eigenvalue weighted by Gasteiger charge is 2.21. The Morgan fingerprint density at radius 2 is 1.96 bits per heavy atom. The fraction of sp³-hybridized carbons (Fsp3) is 0.409. The van der Waals surface area contributed by atoms with E-state index >= 15 is 0 Å². The predicted octanol–water partition coefficient (Wildman–Crippen LogP) is 4.44. The second-order valence-electron chi connectivity index (χ2n) is 7.38. The number of anilines is 2. The maximum atomic E-state index is 5.86. The summed E-state index contributed by atoms with van der Waals surface area (Å²) in [6.45, 7) is 4.52. The lowest BCUT2D eigenvalue weighted by Crippen LogP contribution is -2.39. The molecule has 3 rings (SSSR count). The van der Waals surface area contributed by atoms with Gasteiger partial charge in [-0.1, -0.05) is 24.3 Å². The second-order valence-corrected chi connectivity index (χ2v) is 7.76. The highest BCUT2D eigenvalue weighted by atomic mass is 32.1. The molecule has 0 saturated carbocycles. The molecule has 0 aliphatic carbocycles. The molecule has 4 nitrogen and oxygen atoms in total. The number of ether oxygens (including phenoxy) is 1. The number of rotatable bonds is 6. The highest BCUT2D eigenvalue weighted by Crippen LogP contribution is 2.19. The Morgan fingerprint density at radius 3 is 2.59 bits per heavy atom. The average Bonchev–Trinajstić information content (AvgIpc) is 3.15. The first-order chi connectivity index (χ1) is 13.0. The molecule has 0 amide bonds. The normalized spacial score (nSPS) is 16.2. The number of benzene rings is 2. The lowest BCUT2D eigenvalue weighted by atomic mass is 10.1. The van der Waals surface area contributed by atoms with Crippen LogP contribution in [0.1, 0.15) is 24.0 Å². The molecule has 144 valence electrons. The molecule has 2 aromatic carbocycles. The number of thiocarbonyl (C=S) groups is 1. The van der Waals surface area contributed by atoms with Crippen LogP contribution in [0.3, 0.4) is 0 Å². The van der Waals surface area contributed by atoms with E-state index in [1.807, 2.05) is 6.07 Å². The molecule has 1 aliphatic heterocycles. The third kappa shape index (κ3) is 5.68. The van der Waals surface area contributed by atoms with E-state index < -0.39 is 0 Å². The van der Waals surface area contributed by atoms with Crippen molar-refractivity contribution in [2.24, 2.45) is 0 Å². The van der Waals surface area contributed by atoms with Crippen molar-refractivity contribution < 1.29 is 4.74 Å². The molecule has 2 aromatic rings. The Labute approximate surface area is 168 Å². The topological polar surface area (TPSA) is 27.7 Å². The molecule has 0 bridgehead atoms. The van der Waals surface area contributed by atoms with Gasteiger partial charge >= 0.3 is 0 Å². The first kappa shape index (κ1) is 19.6. The Kier molecular flexibility index (Phi) is 6.69. The summed E-state index contributed by atoms with van der Waals surface area (Å²) in [4.78, 5) is 4.33. The lowest BCUT2D eigenvalue weighted by Gasteiger charge is -2.28. The zero-order valence-corrected chi connectivity index (χ0v) is 17.3. The van der Waals surface area contributed by atoms with Crippen molar-refractivity contribution >= 4 is 28.7 Å². The summed E-state index contributed by atoms with van der Waals surface area (Å²) in [5.74, 6) is 0. The molecule has 1 aliphatic rings. The summed E-state index contributed by atoms with van der Waals surface area (Å²) >= 11 is 5.75. The van der Waals surface area contributed by atoms with Gasteiger partial charge < -0.3 is 19.9 Å². The number of nitrogens with one attached hydrogen (secondary N) is 1. The molecule has 0 aromatic heterocycles. The van der Waals surface area contributed by atoms with Gasteiger partial charge in [-0.25, -0.2) is 0 Å². The minimum absolute atomic E-state index is 0.253. The minimum Gasteiger partial charge on any atom is -0.378 e. The molecule has 27 heavy (non-hydrogen) atoms. The van der Waals surface area contributed by atoms with Crippen LogP contribution in [-0.2, 0) is 11.3 Å². The SMILES string of the molecule is Cc1cccc(NC(=S)N(Cc2ccc(N(C)C)cc2)C[C@@H]2CCCO2)c1. The van der Waals surface area contributed by atoms with Crippen molar-refractivity contribution in [2.45, 2.75) is 32.4 Å². The predicted molar refractivity (Wildman–Crippen MR) is 118 cm³/mol. The molecule has 5 heteroatoms. The zero-order chi connectivity index (χ0) is 19.2. The summed E-state index contributed by atoms with van der Waals surface area (Å²) in [6, 6.07) is 16.9. The Bertz CT molecular complexity index is 754. The number of aryl methyl sites for hydroxylation is 1. The van der Waals surface area contributed by atoms with Crippen molar-refractivity contribution in [3.8, 4) is 0 Å². The molecule has 1 fully saturated rings. The van der Waals surface area contributed by atoms with Crippen LogP contribution in [0.5, 0.6) is 0 Å². The monoisotopic (exact) mass is 383 g/mol. The van der Waals surface area contributed by atoms with E-state index in [1.165, 1.54) is 16.8 Å². The van der Waals surface area contributed by atoms with Gasteiger partial charge in [0, 0.05) is 45.2 Å². The van der Waals surface area contributed by atoms with Crippen LogP contribution >= 0.6 is 12.2 Å². The number of nitrogens with zero attached hydrogens (tertiary/aromatic N) is 2. The van der Waals surface area contributed by atoms with Crippen LogP contribution in [0.4, 0.5) is 11.4 Å². The third-order valence-corrected chi connectivity index (χ3v) is 5.19. The molecule has 0 spiro atoms. The summed E-state index contributed by atoms with van der Waals surface area (Å²) in [7, 11) is 4.11. The fourth-order valence-electron chi connectivity index (χ4n) is 3.30. The largest absolute Gasteiger partial charge is 0.378 e. The van der Waals surface area contributed by atoms with E-state index in [2.05, 4.69) is 78.6 Å². The molecular weight excluding hydrogens is 354 g/mol. The number of hydrogen-bond donors (Lipinski definition) is 1. The van der Waals surface area contributed by atoms with Gasteiger partial charge in [-0.2, -0.15) is 0 Å². The average molecular weight is 384 g/mol. The summed E-state index contributed by atoms with van der Waals surface area (Å²) in [5, 5.41) is 4.14. The summed E-state index contributed by atoms with van der Waals surface area (Å²) in [5.41, 5.74) is 4.69. The minimum atomic E-state index is 0.253. The second kappa shape index (κ2) is 9.20. The molecule has 1 heterocycles. The molecule has 0 unspecified atom stereocenters. The van der Waals surface area contributed by atoms with Crippen LogP contribution in [0, 0.1) is 6.92 Å². The summed E-state index contributed by atoms with van der Waals surface area (Å²) in [6.07, 6.45) is 2.49. The number of hydrogen-bond acceptors (Lipinski definition) is 3. The van der Waals surface area contributed by atoms with Crippen molar-refractivity contribution in [1.29, 1.82) is 0 Å². The van der Waals surface area contributed by atoms with Crippen LogP contribution < -0.4 is 10.2 Å². The Morgan fingerprint density at radius 1 is 1.19 bits per heavy atom. The lowest BCUT2D eigenvalue weighted by molar-refractivity contribution is 0.0905. The summed E-state index contributed by atoms with van der Waals surface area (Å²) < 4.78 is 5.86. The van der Waals surface area contributed by atoms with Gasteiger partial charge in [0.15, 0.2) is 5.11 Å². The molecule has 1 atom stereocenters. The molecule has 1 saturated heterocycles. The van der Waals surface area contributed by atoms with E-state index in [0.717, 1.165) is 43.3 Å². The quantitative estimate of drug-likeness (QED) is 0.745. The van der Waals surface area contributed by atoms with E-state index in [-0.39, 0.29) is 6.10 Å². The van der Waals surface area contributed by atoms with Crippen LogP contribution in [0.15, 0.2) is 48.5 Å². The third-order valence-electron chi connectivity index (χ3n) is 4.83. The smallest absolute Gasteiger partial charge is 0.173 e. The van der Waals surface area contributed by atoms with E-state index in [1.54, 1.807) is 0 Å². The Balaban J connectivity index is 1.72. The molecular formula is C22H29N3OS. The van der Waals surface area contributed by atoms with Crippen molar-refractivity contribution in [3.63, 3.8) is 0 Å². The van der Waals surface area contributed by atoms with E-state index in [0.29, 0.717) is 0 Å². The van der Waals surface area contributed by atoms with Gasteiger partial charge in [-0.3, -0.25) is 0 Å². The van der Waals surface area contributed by atoms with Crippen molar-refractivity contribution in [3.05, 3.63) is 59.7 Å². The van der Waals surface area contributed by atoms with Crippen LogP contribution in [0.2, 0.25) is 0 Å². The zero-order valence-electron chi connectivity index (χ0n) is 16.4. The maximum Gasteiger partial charge on any atom is 0.173 e. The van der Waals surface area contributed by atoms with Crippen molar-refractivity contribution in [1.82, 2.24) is 4.90 Å². The molecule has 0 radical (unpaired) electrons. The van der Waals surface area contributed by atoms with Gasteiger partial charge in [0.05, 0.1) is 6.10 Å².